The van der Waals surface area contributed by atoms with Crippen molar-refractivity contribution in [1.82, 2.24) is 0 Å². The molecule has 0 aliphatic rings. The molecule has 0 aliphatic heterocycles. The number of halogens is 2. The van der Waals surface area contributed by atoms with Crippen LogP contribution in [0.1, 0.15) is 38.0 Å². The minimum Gasteiger partial charge on any atom is -0.462 e. The highest BCUT2D eigenvalue weighted by Gasteiger charge is 2.20. The fourth-order valence-corrected chi connectivity index (χ4v) is 3.25. The number of ether oxygens (including phenoxy) is 3. The number of carbonyl (C=O) groups is 3. The first-order valence-electron chi connectivity index (χ1n) is 9.14. The van der Waals surface area contributed by atoms with Gasteiger partial charge in [-0.25, -0.2) is 14.4 Å². The largest absolute Gasteiger partial charge is 0.462 e. The van der Waals surface area contributed by atoms with Crippen molar-refractivity contribution >= 4 is 63.1 Å². The second-order valence-electron chi connectivity index (χ2n) is 6.17. The average molecular weight is 642 g/mol. The Morgan fingerprint density at radius 2 is 1.23 bits per heavy atom. The second-order valence-corrected chi connectivity index (χ2v) is 8.66. The minimum atomic E-state index is -0.694. The van der Waals surface area contributed by atoms with Crippen molar-refractivity contribution in [3.05, 3.63) is 90.6 Å². The van der Waals surface area contributed by atoms with Gasteiger partial charge in [-0.1, -0.05) is 0 Å². The van der Waals surface area contributed by atoms with E-state index in [-0.39, 0.29) is 23.7 Å². The van der Waals surface area contributed by atoms with Crippen molar-refractivity contribution in [3.63, 3.8) is 0 Å². The van der Waals surface area contributed by atoms with Crippen molar-refractivity contribution in [2.24, 2.45) is 0 Å². The van der Waals surface area contributed by atoms with Gasteiger partial charge in [0, 0.05) is 7.14 Å². The Morgan fingerprint density at radius 1 is 0.710 bits per heavy atom. The Labute approximate surface area is 206 Å². The van der Waals surface area contributed by atoms with Crippen LogP contribution in [-0.2, 0) is 4.74 Å². The highest BCUT2D eigenvalue weighted by molar-refractivity contribution is 14.1. The summed E-state index contributed by atoms with van der Waals surface area (Å²) in [5, 5.41) is 0. The lowest BCUT2D eigenvalue weighted by molar-refractivity contribution is 0.0518. The molecule has 0 aromatic heterocycles. The number of hydrogen-bond acceptors (Lipinski definition) is 6. The van der Waals surface area contributed by atoms with E-state index >= 15 is 0 Å². The van der Waals surface area contributed by atoms with E-state index in [9.17, 15) is 14.4 Å². The maximum Gasteiger partial charge on any atom is 0.343 e. The Hall–Kier alpha value is -2.47. The second kappa shape index (κ2) is 10.7. The van der Waals surface area contributed by atoms with Crippen molar-refractivity contribution in [3.8, 4) is 11.5 Å². The number of hydrogen-bond donors (Lipinski definition) is 0. The highest BCUT2D eigenvalue weighted by atomic mass is 127. The van der Waals surface area contributed by atoms with E-state index < -0.39 is 17.9 Å². The highest BCUT2D eigenvalue weighted by Crippen LogP contribution is 2.27. The first kappa shape index (κ1) is 23.2. The molecule has 0 radical (unpaired) electrons. The molecule has 3 rings (SSSR count). The third-order valence-electron chi connectivity index (χ3n) is 4.02. The maximum absolute atomic E-state index is 12.5. The van der Waals surface area contributed by atoms with Crippen LogP contribution in [-0.4, -0.2) is 24.5 Å². The lowest BCUT2D eigenvalue weighted by Crippen LogP contribution is -2.14. The summed E-state index contributed by atoms with van der Waals surface area (Å²) in [4.78, 5) is 37.3. The van der Waals surface area contributed by atoms with Crippen LogP contribution in [0, 0.1) is 7.14 Å². The summed E-state index contributed by atoms with van der Waals surface area (Å²) in [6.45, 7) is 1.80. The molecule has 0 atom stereocenters. The topological polar surface area (TPSA) is 78.9 Å². The third-order valence-corrected chi connectivity index (χ3v) is 5.46. The molecule has 6 nitrogen and oxygen atoms in total. The normalized spacial score (nSPS) is 10.3. The van der Waals surface area contributed by atoms with Gasteiger partial charge in [0.05, 0.1) is 17.7 Å². The molecular formula is C23H16I2O6. The van der Waals surface area contributed by atoms with Gasteiger partial charge >= 0.3 is 17.9 Å². The summed E-state index contributed by atoms with van der Waals surface area (Å²) in [6.07, 6.45) is 0. The number of carbonyl (C=O) groups excluding carboxylic acids is 3. The zero-order chi connectivity index (χ0) is 22.4. The molecular weight excluding hydrogens is 626 g/mol. The van der Waals surface area contributed by atoms with Crippen LogP contribution in [0.2, 0.25) is 0 Å². The molecule has 3 aromatic rings. The molecule has 0 unspecified atom stereocenters. The van der Waals surface area contributed by atoms with Crippen LogP contribution in [0.25, 0.3) is 0 Å². The molecule has 3 aromatic carbocycles. The Bertz CT molecular complexity index is 1110. The van der Waals surface area contributed by atoms with Crippen LogP contribution in [0.4, 0.5) is 0 Å². The van der Waals surface area contributed by atoms with Crippen molar-refractivity contribution in [2.75, 3.05) is 6.61 Å². The van der Waals surface area contributed by atoms with Gasteiger partial charge in [-0.2, -0.15) is 0 Å². The molecule has 0 amide bonds. The van der Waals surface area contributed by atoms with Crippen LogP contribution in [0.15, 0.2) is 66.7 Å². The van der Waals surface area contributed by atoms with E-state index in [2.05, 4.69) is 45.2 Å². The molecule has 31 heavy (non-hydrogen) atoms. The molecule has 158 valence electrons. The maximum atomic E-state index is 12.5. The minimum absolute atomic E-state index is 0.0102. The van der Waals surface area contributed by atoms with Gasteiger partial charge in [0.25, 0.3) is 0 Å². The van der Waals surface area contributed by atoms with E-state index in [1.807, 2.05) is 0 Å². The van der Waals surface area contributed by atoms with E-state index in [0.29, 0.717) is 11.1 Å². The van der Waals surface area contributed by atoms with Crippen LogP contribution in [0.5, 0.6) is 11.5 Å². The molecule has 0 saturated heterocycles. The van der Waals surface area contributed by atoms with Gasteiger partial charge in [0.15, 0.2) is 0 Å². The average Bonchev–Trinajstić information content (AvgIpc) is 2.75. The summed E-state index contributed by atoms with van der Waals surface area (Å²) in [6, 6.07) is 17.8. The van der Waals surface area contributed by atoms with Gasteiger partial charge in [-0.15, -0.1) is 0 Å². The van der Waals surface area contributed by atoms with Gasteiger partial charge < -0.3 is 14.2 Å². The fraction of sp³-hybridized carbons (Fsp3) is 0.0870. The van der Waals surface area contributed by atoms with E-state index in [1.54, 1.807) is 55.5 Å². The monoisotopic (exact) mass is 642 g/mol. The van der Waals surface area contributed by atoms with Crippen molar-refractivity contribution in [2.45, 2.75) is 6.92 Å². The fourth-order valence-electron chi connectivity index (χ4n) is 2.53. The van der Waals surface area contributed by atoms with E-state index in [0.717, 1.165) is 7.14 Å². The lowest BCUT2D eigenvalue weighted by atomic mass is 10.1. The van der Waals surface area contributed by atoms with Crippen LogP contribution in [0.3, 0.4) is 0 Å². The number of benzene rings is 3. The SMILES string of the molecule is CCOC(=O)c1cc(OC(=O)c2ccc(I)cc2)ccc1OC(=O)c1ccc(I)cc1. The molecule has 0 N–H and O–H groups in total. The molecule has 0 aliphatic carbocycles. The first-order chi connectivity index (χ1) is 14.9. The standard InChI is InChI=1S/C23H16I2O6/c1-2-29-23(28)19-13-18(30-21(26)14-3-7-16(24)8-4-14)11-12-20(19)31-22(27)15-5-9-17(25)10-6-15/h3-13H,2H2,1H3. The zero-order valence-electron chi connectivity index (χ0n) is 16.3. The number of esters is 3. The quantitative estimate of drug-likeness (QED) is 0.201. The van der Waals surface area contributed by atoms with Gasteiger partial charge in [0.2, 0.25) is 0 Å². The summed E-state index contributed by atoms with van der Waals surface area (Å²) >= 11 is 4.27. The predicted octanol–water partition coefficient (Wildman–Crippen LogP) is 5.51. The molecule has 0 heterocycles. The Balaban J connectivity index is 1.85. The van der Waals surface area contributed by atoms with Crippen LogP contribution >= 0.6 is 45.2 Å². The molecule has 0 saturated carbocycles. The molecule has 0 spiro atoms. The van der Waals surface area contributed by atoms with Crippen LogP contribution < -0.4 is 9.47 Å². The smallest absolute Gasteiger partial charge is 0.343 e. The molecule has 0 fully saturated rings. The molecule has 8 heteroatoms. The van der Waals surface area contributed by atoms with Gasteiger partial charge in [-0.05, 0) is 119 Å². The summed E-state index contributed by atoms with van der Waals surface area (Å²) < 4.78 is 17.8. The van der Waals surface area contributed by atoms with Crippen molar-refractivity contribution in [1.29, 1.82) is 0 Å². The van der Waals surface area contributed by atoms with E-state index in [1.165, 1.54) is 18.2 Å². The van der Waals surface area contributed by atoms with Crippen molar-refractivity contribution < 1.29 is 28.6 Å². The predicted molar refractivity (Wildman–Crippen MR) is 131 cm³/mol. The lowest BCUT2D eigenvalue weighted by Gasteiger charge is -2.12. The summed E-state index contributed by atoms with van der Waals surface area (Å²) in [5.41, 5.74) is 0.686. The first-order valence-corrected chi connectivity index (χ1v) is 11.3. The van der Waals surface area contributed by atoms with Gasteiger partial charge in [0.1, 0.15) is 17.1 Å². The summed E-state index contributed by atoms with van der Waals surface area (Å²) in [5.74, 6) is -1.75. The van der Waals surface area contributed by atoms with Gasteiger partial charge in [-0.3, -0.25) is 0 Å². The van der Waals surface area contributed by atoms with E-state index in [4.69, 9.17) is 14.2 Å². The zero-order valence-corrected chi connectivity index (χ0v) is 20.6. The third kappa shape index (κ3) is 6.26. The Morgan fingerprint density at radius 3 is 1.74 bits per heavy atom. The summed E-state index contributed by atoms with van der Waals surface area (Å²) in [7, 11) is 0. The molecule has 0 bridgehead atoms. The number of rotatable bonds is 6. The Kier molecular flexibility index (Phi) is 8.02.